The molecule has 84 valence electrons. The maximum absolute atomic E-state index is 11.9. The normalized spacial score (nSPS) is 11.3. The molecule has 2 N–H and O–H groups in total. The predicted molar refractivity (Wildman–Crippen MR) is 49.6 cm³/mol. The summed E-state index contributed by atoms with van der Waals surface area (Å²) in [6.45, 7) is 0. The predicted octanol–water partition coefficient (Wildman–Crippen LogP) is 2.33. The number of rotatable bonds is 2. The molecule has 0 radical (unpaired) electrons. The molecule has 0 aromatic carbocycles. The summed E-state index contributed by atoms with van der Waals surface area (Å²) >= 11 is 2.93. The zero-order chi connectivity index (χ0) is 11.6. The molecule has 1 heterocycles. The Kier molecular flexibility index (Phi) is 3.28. The standard InChI is InChI=1S/C7H6BrF3N2O2/c1-14-6-4(15-7(9,10)11)2-3(8)5(12)13-6/h2H,1H3,(H2,12,13). The molecule has 1 aromatic heterocycles. The van der Waals surface area contributed by atoms with Crippen LogP contribution in [0.3, 0.4) is 0 Å². The number of aromatic nitrogens is 1. The van der Waals surface area contributed by atoms with E-state index in [1.165, 1.54) is 7.11 Å². The maximum Gasteiger partial charge on any atom is 0.573 e. The quantitative estimate of drug-likeness (QED) is 0.907. The topological polar surface area (TPSA) is 57.4 Å². The second kappa shape index (κ2) is 4.13. The molecule has 1 rings (SSSR count). The number of alkyl halides is 3. The molecule has 0 aliphatic heterocycles. The third kappa shape index (κ3) is 3.15. The lowest BCUT2D eigenvalue weighted by atomic mass is 10.4. The van der Waals surface area contributed by atoms with Crippen LogP contribution in [0.15, 0.2) is 10.5 Å². The summed E-state index contributed by atoms with van der Waals surface area (Å²) in [7, 11) is 1.17. The van der Waals surface area contributed by atoms with Gasteiger partial charge in [0.15, 0.2) is 5.75 Å². The highest BCUT2D eigenvalue weighted by atomic mass is 79.9. The minimum absolute atomic E-state index is 0.0152. The highest BCUT2D eigenvalue weighted by molar-refractivity contribution is 9.10. The minimum atomic E-state index is -4.80. The molecule has 0 spiro atoms. The van der Waals surface area contributed by atoms with Crippen LogP contribution in [0.25, 0.3) is 0 Å². The number of hydrogen-bond acceptors (Lipinski definition) is 4. The molecule has 0 bridgehead atoms. The molecule has 0 saturated heterocycles. The van der Waals surface area contributed by atoms with Crippen molar-refractivity contribution in [2.75, 3.05) is 12.8 Å². The summed E-state index contributed by atoms with van der Waals surface area (Å²) in [5, 5.41) is 0. The fourth-order valence-corrected chi connectivity index (χ4v) is 1.11. The van der Waals surface area contributed by atoms with Gasteiger partial charge in [-0.3, -0.25) is 0 Å². The number of ether oxygens (including phenoxy) is 2. The summed E-state index contributed by atoms with van der Waals surface area (Å²) in [5.74, 6) is -0.861. The lowest BCUT2D eigenvalue weighted by Crippen LogP contribution is -2.18. The Bertz CT molecular complexity index is 370. The van der Waals surface area contributed by atoms with Crippen LogP contribution in [0.1, 0.15) is 0 Å². The van der Waals surface area contributed by atoms with Crippen molar-refractivity contribution in [1.82, 2.24) is 4.98 Å². The first-order chi connectivity index (χ1) is 6.83. The van der Waals surface area contributed by atoms with Crippen molar-refractivity contribution in [1.29, 1.82) is 0 Å². The van der Waals surface area contributed by atoms with Gasteiger partial charge in [0.25, 0.3) is 5.88 Å². The SMILES string of the molecule is COc1nc(N)c(Br)cc1OC(F)(F)F. The van der Waals surface area contributed by atoms with E-state index in [0.29, 0.717) is 0 Å². The third-order valence-electron chi connectivity index (χ3n) is 1.35. The molecule has 15 heavy (non-hydrogen) atoms. The van der Waals surface area contributed by atoms with Crippen LogP contribution >= 0.6 is 15.9 Å². The number of hydrogen-bond donors (Lipinski definition) is 1. The molecule has 0 unspecified atom stereocenters. The lowest BCUT2D eigenvalue weighted by Gasteiger charge is -2.12. The van der Waals surface area contributed by atoms with E-state index < -0.39 is 12.1 Å². The molecule has 4 nitrogen and oxygen atoms in total. The summed E-state index contributed by atoms with van der Waals surface area (Å²) in [6, 6.07) is 1.04. The second-order valence-corrected chi connectivity index (χ2v) is 3.26. The third-order valence-corrected chi connectivity index (χ3v) is 1.99. The van der Waals surface area contributed by atoms with Crippen LogP contribution < -0.4 is 15.2 Å². The number of pyridine rings is 1. The van der Waals surface area contributed by atoms with Crippen LogP contribution in [-0.4, -0.2) is 18.5 Å². The van der Waals surface area contributed by atoms with Gasteiger partial charge >= 0.3 is 6.36 Å². The second-order valence-electron chi connectivity index (χ2n) is 2.41. The summed E-state index contributed by atoms with van der Waals surface area (Å²) in [4.78, 5) is 3.56. The van der Waals surface area contributed by atoms with Crippen LogP contribution in [0.2, 0.25) is 0 Å². The fourth-order valence-electron chi connectivity index (χ4n) is 0.813. The van der Waals surface area contributed by atoms with E-state index in [4.69, 9.17) is 5.73 Å². The molecule has 8 heteroatoms. The molecule has 0 atom stereocenters. The van der Waals surface area contributed by atoms with E-state index in [-0.39, 0.29) is 16.2 Å². The van der Waals surface area contributed by atoms with Crippen molar-refractivity contribution in [3.8, 4) is 11.6 Å². The number of nitrogens with two attached hydrogens (primary N) is 1. The van der Waals surface area contributed by atoms with Gasteiger partial charge in [-0.25, -0.2) is 0 Å². The Hall–Kier alpha value is -1.18. The highest BCUT2D eigenvalue weighted by Crippen LogP contribution is 2.34. The van der Waals surface area contributed by atoms with E-state index in [9.17, 15) is 13.2 Å². The van der Waals surface area contributed by atoms with Crippen molar-refractivity contribution < 1.29 is 22.6 Å². The molecule has 0 amide bonds. The van der Waals surface area contributed by atoms with Gasteiger partial charge < -0.3 is 15.2 Å². The Morgan fingerprint density at radius 1 is 1.47 bits per heavy atom. The van der Waals surface area contributed by atoms with E-state index >= 15 is 0 Å². The average molecular weight is 287 g/mol. The van der Waals surface area contributed by atoms with Gasteiger partial charge in [-0.1, -0.05) is 0 Å². The number of halogens is 4. The van der Waals surface area contributed by atoms with Crippen molar-refractivity contribution >= 4 is 21.7 Å². The van der Waals surface area contributed by atoms with E-state index in [1.54, 1.807) is 0 Å². The lowest BCUT2D eigenvalue weighted by molar-refractivity contribution is -0.275. The monoisotopic (exact) mass is 286 g/mol. The first-order valence-electron chi connectivity index (χ1n) is 3.59. The van der Waals surface area contributed by atoms with Gasteiger partial charge in [0, 0.05) is 6.07 Å². The molecule has 0 aliphatic rings. The van der Waals surface area contributed by atoms with Gasteiger partial charge in [0.1, 0.15) is 5.82 Å². The summed E-state index contributed by atoms with van der Waals surface area (Å²) < 4.78 is 44.3. The van der Waals surface area contributed by atoms with E-state index in [0.717, 1.165) is 6.07 Å². The van der Waals surface area contributed by atoms with Gasteiger partial charge in [-0.05, 0) is 15.9 Å². The van der Waals surface area contributed by atoms with Gasteiger partial charge in [0.2, 0.25) is 0 Å². The number of nitrogens with zero attached hydrogens (tertiary/aromatic N) is 1. The van der Waals surface area contributed by atoms with Crippen molar-refractivity contribution in [3.63, 3.8) is 0 Å². The van der Waals surface area contributed by atoms with Gasteiger partial charge in [-0.15, -0.1) is 13.2 Å². The largest absolute Gasteiger partial charge is 0.573 e. The van der Waals surface area contributed by atoms with Crippen LogP contribution in [-0.2, 0) is 0 Å². The van der Waals surface area contributed by atoms with Crippen LogP contribution in [0, 0.1) is 0 Å². The molecule has 0 saturated carbocycles. The highest BCUT2D eigenvalue weighted by Gasteiger charge is 2.33. The molecular weight excluding hydrogens is 281 g/mol. The molecule has 0 aliphatic carbocycles. The van der Waals surface area contributed by atoms with Crippen molar-refractivity contribution in [3.05, 3.63) is 10.5 Å². The number of nitrogen functional groups attached to an aromatic ring is 1. The van der Waals surface area contributed by atoms with Crippen LogP contribution in [0.5, 0.6) is 11.6 Å². The number of anilines is 1. The van der Waals surface area contributed by atoms with Crippen LogP contribution in [0.4, 0.5) is 19.0 Å². The van der Waals surface area contributed by atoms with E-state index in [1.807, 2.05) is 0 Å². The zero-order valence-electron chi connectivity index (χ0n) is 7.43. The Morgan fingerprint density at radius 2 is 2.07 bits per heavy atom. The van der Waals surface area contributed by atoms with Gasteiger partial charge in [-0.2, -0.15) is 4.98 Å². The Morgan fingerprint density at radius 3 is 2.53 bits per heavy atom. The summed E-state index contributed by atoms with van der Waals surface area (Å²) in [5.41, 5.74) is 5.35. The van der Waals surface area contributed by atoms with Crippen molar-refractivity contribution in [2.24, 2.45) is 0 Å². The molecular formula is C7H6BrF3N2O2. The van der Waals surface area contributed by atoms with Gasteiger partial charge in [0.05, 0.1) is 11.6 Å². The molecule has 1 aromatic rings. The smallest absolute Gasteiger partial charge is 0.478 e. The minimum Gasteiger partial charge on any atom is -0.478 e. The van der Waals surface area contributed by atoms with Crippen molar-refractivity contribution in [2.45, 2.75) is 6.36 Å². The Balaban J connectivity index is 3.11. The first-order valence-corrected chi connectivity index (χ1v) is 4.38. The van der Waals surface area contributed by atoms with E-state index in [2.05, 4.69) is 30.4 Å². The summed E-state index contributed by atoms with van der Waals surface area (Å²) in [6.07, 6.45) is -4.80. The maximum atomic E-state index is 11.9. The molecule has 0 fully saturated rings. The average Bonchev–Trinajstić information content (AvgIpc) is 2.08. The zero-order valence-corrected chi connectivity index (χ0v) is 9.02. The number of methoxy groups -OCH3 is 1. The first kappa shape index (κ1) is 11.9. The Labute approximate surface area is 91.3 Å². The fraction of sp³-hybridized carbons (Fsp3) is 0.286.